The van der Waals surface area contributed by atoms with E-state index in [0.29, 0.717) is 29.5 Å². The van der Waals surface area contributed by atoms with Crippen LogP contribution in [0.25, 0.3) is 0 Å². The van der Waals surface area contributed by atoms with Crippen molar-refractivity contribution >= 4 is 27.7 Å². The summed E-state index contributed by atoms with van der Waals surface area (Å²) in [7, 11) is 0. The monoisotopic (exact) mass is 338 g/mol. The van der Waals surface area contributed by atoms with Gasteiger partial charge in [-0.3, -0.25) is 4.79 Å². The first-order valence-corrected chi connectivity index (χ1v) is 7.34. The Morgan fingerprint density at radius 2 is 2.30 bits per heavy atom. The molecule has 0 aliphatic heterocycles. The lowest BCUT2D eigenvalue weighted by Gasteiger charge is -2.07. The van der Waals surface area contributed by atoms with Crippen LogP contribution in [0.3, 0.4) is 0 Å². The molecule has 1 aromatic carbocycles. The summed E-state index contributed by atoms with van der Waals surface area (Å²) in [6.07, 6.45) is 0.911. The van der Waals surface area contributed by atoms with Gasteiger partial charge in [0.1, 0.15) is 11.5 Å². The number of aromatic nitrogens is 1. The number of aryl methyl sites for hydroxylation is 1. The largest absolute Gasteiger partial charge is 0.494 e. The van der Waals surface area contributed by atoms with Gasteiger partial charge in [0.25, 0.3) is 5.91 Å². The van der Waals surface area contributed by atoms with E-state index < -0.39 is 0 Å². The molecule has 1 heterocycles. The average molecular weight is 339 g/mol. The number of ether oxygens (including phenoxy) is 1. The molecule has 0 spiro atoms. The zero-order valence-corrected chi connectivity index (χ0v) is 12.6. The van der Waals surface area contributed by atoms with Crippen molar-refractivity contribution in [3.63, 3.8) is 0 Å². The summed E-state index contributed by atoms with van der Waals surface area (Å²) < 4.78 is 10.4. The summed E-state index contributed by atoms with van der Waals surface area (Å²) in [5, 5.41) is 7.28. The summed E-state index contributed by atoms with van der Waals surface area (Å²) in [6.45, 7) is 2.37. The molecule has 20 heavy (non-hydrogen) atoms. The van der Waals surface area contributed by atoms with E-state index in [1.54, 1.807) is 31.2 Å². The van der Waals surface area contributed by atoms with Crippen molar-refractivity contribution in [2.75, 3.05) is 17.3 Å². The Bertz CT molecular complexity index is 583. The molecule has 1 aromatic heterocycles. The van der Waals surface area contributed by atoms with Crippen LogP contribution < -0.4 is 10.1 Å². The van der Waals surface area contributed by atoms with Crippen LogP contribution in [0.1, 0.15) is 22.5 Å². The number of amides is 1. The second-order valence-corrected chi connectivity index (χ2v) is 4.99. The highest BCUT2D eigenvalue weighted by molar-refractivity contribution is 9.09. The first-order chi connectivity index (χ1) is 9.69. The number of nitrogens with zero attached hydrogens (tertiary/aromatic N) is 1. The second-order valence-electron chi connectivity index (χ2n) is 4.20. The van der Waals surface area contributed by atoms with Crippen molar-refractivity contribution in [3.05, 3.63) is 41.7 Å². The highest BCUT2D eigenvalue weighted by Crippen LogP contribution is 2.15. The van der Waals surface area contributed by atoms with E-state index in [2.05, 4.69) is 26.4 Å². The van der Waals surface area contributed by atoms with Gasteiger partial charge in [0.05, 0.1) is 6.61 Å². The van der Waals surface area contributed by atoms with E-state index in [4.69, 9.17) is 9.26 Å². The first kappa shape index (κ1) is 14.6. The van der Waals surface area contributed by atoms with Gasteiger partial charge in [0.2, 0.25) is 0 Å². The Kier molecular flexibility index (Phi) is 5.17. The fraction of sp³-hybridized carbons (Fsp3) is 0.286. The van der Waals surface area contributed by atoms with Gasteiger partial charge in [-0.1, -0.05) is 27.2 Å². The molecule has 5 nitrogen and oxygen atoms in total. The van der Waals surface area contributed by atoms with E-state index in [1.165, 1.54) is 0 Å². The van der Waals surface area contributed by atoms with Crippen LogP contribution in [0, 0.1) is 6.92 Å². The van der Waals surface area contributed by atoms with E-state index in [-0.39, 0.29) is 5.91 Å². The standard InChI is InChI=1S/C14H15BrN2O3/c1-10-8-13(17-20-10)16-14(18)11-4-2-5-12(9-11)19-7-3-6-15/h2,4-5,8-9H,3,6-7H2,1H3,(H,16,17,18). The lowest BCUT2D eigenvalue weighted by atomic mass is 10.2. The van der Waals surface area contributed by atoms with Crippen LogP contribution >= 0.6 is 15.9 Å². The Balaban J connectivity index is 2.00. The van der Waals surface area contributed by atoms with Crippen molar-refractivity contribution in [2.45, 2.75) is 13.3 Å². The van der Waals surface area contributed by atoms with E-state index in [9.17, 15) is 4.79 Å². The highest BCUT2D eigenvalue weighted by Gasteiger charge is 2.09. The van der Waals surface area contributed by atoms with Crippen LogP contribution in [-0.4, -0.2) is 23.0 Å². The number of alkyl halides is 1. The van der Waals surface area contributed by atoms with E-state index in [1.807, 2.05) is 6.07 Å². The van der Waals surface area contributed by atoms with Gasteiger partial charge in [-0.2, -0.15) is 0 Å². The first-order valence-electron chi connectivity index (χ1n) is 6.22. The van der Waals surface area contributed by atoms with Crippen LogP contribution in [0.5, 0.6) is 5.75 Å². The Morgan fingerprint density at radius 3 is 3.00 bits per heavy atom. The second kappa shape index (κ2) is 7.09. The molecule has 0 aliphatic carbocycles. The Labute approximate surface area is 125 Å². The molecular weight excluding hydrogens is 324 g/mol. The van der Waals surface area contributed by atoms with Crippen molar-refractivity contribution in [3.8, 4) is 5.75 Å². The number of hydrogen-bond donors (Lipinski definition) is 1. The maximum absolute atomic E-state index is 12.0. The smallest absolute Gasteiger partial charge is 0.257 e. The molecule has 0 aliphatic rings. The molecule has 0 saturated heterocycles. The van der Waals surface area contributed by atoms with Crippen LogP contribution in [0.4, 0.5) is 5.82 Å². The molecule has 6 heteroatoms. The molecule has 0 fully saturated rings. The number of benzene rings is 1. The van der Waals surface area contributed by atoms with Gasteiger partial charge in [-0.15, -0.1) is 0 Å². The minimum atomic E-state index is -0.246. The number of hydrogen-bond acceptors (Lipinski definition) is 4. The number of anilines is 1. The topological polar surface area (TPSA) is 64.4 Å². The zero-order valence-electron chi connectivity index (χ0n) is 11.1. The number of rotatable bonds is 6. The summed E-state index contributed by atoms with van der Waals surface area (Å²) in [6, 6.07) is 8.70. The maximum Gasteiger partial charge on any atom is 0.257 e. The number of nitrogens with one attached hydrogen (secondary N) is 1. The quantitative estimate of drug-likeness (QED) is 0.647. The number of halogens is 1. The molecular formula is C14H15BrN2O3. The van der Waals surface area contributed by atoms with Crippen molar-refractivity contribution in [1.29, 1.82) is 0 Å². The van der Waals surface area contributed by atoms with Crippen molar-refractivity contribution in [1.82, 2.24) is 5.16 Å². The zero-order chi connectivity index (χ0) is 14.4. The molecule has 0 radical (unpaired) electrons. The lowest BCUT2D eigenvalue weighted by Crippen LogP contribution is -2.12. The average Bonchev–Trinajstić information content (AvgIpc) is 2.85. The lowest BCUT2D eigenvalue weighted by molar-refractivity contribution is 0.102. The third-order valence-corrected chi connectivity index (χ3v) is 3.07. The molecule has 1 amide bonds. The molecule has 1 N–H and O–H groups in total. The fourth-order valence-electron chi connectivity index (χ4n) is 1.59. The molecule has 0 bridgehead atoms. The highest BCUT2D eigenvalue weighted by atomic mass is 79.9. The maximum atomic E-state index is 12.0. The fourth-order valence-corrected chi connectivity index (χ4v) is 1.81. The van der Waals surface area contributed by atoms with Gasteiger partial charge in [0.15, 0.2) is 5.82 Å². The SMILES string of the molecule is Cc1cc(NC(=O)c2cccc(OCCCBr)c2)no1. The molecule has 0 atom stereocenters. The number of carbonyl (C=O) groups excluding carboxylic acids is 1. The normalized spacial score (nSPS) is 10.3. The minimum Gasteiger partial charge on any atom is -0.494 e. The van der Waals surface area contributed by atoms with Crippen LogP contribution in [0.15, 0.2) is 34.9 Å². The molecule has 0 saturated carbocycles. The van der Waals surface area contributed by atoms with Crippen molar-refractivity contribution < 1.29 is 14.1 Å². The predicted molar refractivity (Wildman–Crippen MR) is 79.5 cm³/mol. The van der Waals surface area contributed by atoms with Gasteiger partial charge in [-0.05, 0) is 31.5 Å². The van der Waals surface area contributed by atoms with Gasteiger partial charge >= 0.3 is 0 Å². The minimum absolute atomic E-state index is 0.246. The third-order valence-electron chi connectivity index (χ3n) is 2.51. The Hall–Kier alpha value is -1.82. The van der Waals surface area contributed by atoms with Gasteiger partial charge < -0.3 is 14.6 Å². The van der Waals surface area contributed by atoms with Crippen molar-refractivity contribution in [2.24, 2.45) is 0 Å². The molecule has 0 unspecified atom stereocenters. The van der Waals surface area contributed by atoms with Crippen LogP contribution in [0.2, 0.25) is 0 Å². The van der Waals surface area contributed by atoms with Gasteiger partial charge in [0, 0.05) is 17.0 Å². The van der Waals surface area contributed by atoms with E-state index >= 15 is 0 Å². The molecule has 2 rings (SSSR count). The predicted octanol–water partition coefficient (Wildman–Crippen LogP) is 3.40. The summed E-state index contributed by atoms with van der Waals surface area (Å²) in [4.78, 5) is 12.0. The summed E-state index contributed by atoms with van der Waals surface area (Å²) in [5.41, 5.74) is 0.516. The Morgan fingerprint density at radius 1 is 1.45 bits per heavy atom. The van der Waals surface area contributed by atoms with Gasteiger partial charge in [-0.25, -0.2) is 0 Å². The van der Waals surface area contributed by atoms with Crippen LogP contribution in [-0.2, 0) is 0 Å². The third kappa shape index (κ3) is 4.09. The summed E-state index contributed by atoms with van der Waals surface area (Å²) in [5.74, 6) is 1.48. The molecule has 2 aromatic rings. The molecule has 106 valence electrons. The van der Waals surface area contributed by atoms with E-state index in [0.717, 1.165) is 11.8 Å². The summed E-state index contributed by atoms with van der Waals surface area (Å²) >= 11 is 3.34. The number of carbonyl (C=O) groups is 1.